The molecule has 0 unspecified atom stereocenters. The molecule has 4 nitrogen and oxygen atoms in total. The van der Waals surface area contributed by atoms with E-state index in [0.29, 0.717) is 12.2 Å². The highest BCUT2D eigenvalue weighted by atomic mass is 19.1. The molecule has 114 valence electrons. The largest absolute Gasteiger partial charge is 0.395 e. The molecule has 2 aromatic heterocycles. The number of pyridine rings is 1. The van der Waals surface area contributed by atoms with Gasteiger partial charge in [-0.3, -0.25) is 0 Å². The summed E-state index contributed by atoms with van der Waals surface area (Å²) in [6.45, 7) is 0.721. The molecular weight excluding hydrogens is 281 g/mol. The number of nitrogens with zero attached hydrogens (tertiary/aromatic N) is 2. The first-order valence-corrected chi connectivity index (χ1v) is 7.20. The standard InChI is InChI=1S/C17H18FN3O/c1-21(5-6-22)16-4-2-3-12(8-16)7-15-10-13-9-14(18)11-19-17(13)20-15/h2-4,8-11,22H,5-7H2,1H3,(H,19,20). The number of likely N-dealkylation sites (N-methyl/N-ethyl adjacent to an activating group) is 1. The Kier molecular flexibility index (Phi) is 4.06. The molecule has 0 radical (unpaired) electrons. The van der Waals surface area contributed by atoms with Crippen molar-refractivity contribution >= 4 is 16.7 Å². The molecule has 1 aromatic carbocycles. The lowest BCUT2D eigenvalue weighted by Crippen LogP contribution is -2.21. The second-order valence-electron chi connectivity index (χ2n) is 5.38. The molecule has 0 saturated carbocycles. The van der Waals surface area contributed by atoms with Crippen LogP contribution in [0.5, 0.6) is 0 Å². The lowest BCUT2D eigenvalue weighted by Gasteiger charge is -2.18. The van der Waals surface area contributed by atoms with Gasteiger partial charge in [-0.05, 0) is 29.8 Å². The second kappa shape index (κ2) is 6.15. The summed E-state index contributed by atoms with van der Waals surface area (Å²) in [7, 11) is 1.95. The number of benzene rings is 1. The number of H-pyrrole nitrogens is 1. The van der Waals surface area contributed by atoms with Crippen LogP contribution in [0.15, 0.2) is 42.6 Å². The van der Waals surface area contributed by atoms with Gasteiger partial charge in [-0.25, -0.2) is 9.37 Å². The van der Waals surface area contributed by atoms with E-state index in [2.05, 4.69) is 22.1 Å². The summed E-state index contributed by atoms with van der Waals surface area (Å²) in [5.41, 5.74) is 3.90. The first-order valence-electron chi connectivity index (χ1n) is 7.20. The number of nitrogens with one attached hydrogen (secondary N) is 1. The maximum absolute atomic E-state index is 13.2. The normalized spacial score (nSPS) is 11.0. The van der Waals surface area contributed by atoms with Crippen LogP contribution in [0.2, 0.25) is 0 Å². The Morgan fingerprint density at radius 1 is 1.27 bits per heavy atom. The minimum Gasteiger partial charge on any atom is -0.395 e. The Hall–Kier alpha value is -2.40. The van der Waals surface area contributed by atoms with Crippen molar-refractivity contribution in [1.82, 2.24) is 9.97 Å². The molecule has 0 bridgehead atoms. The number of aliphatic hydroxyl groups is 1. The molecule has 3 rings (SSSR count). The monoisotopic (exact) mass is 299 g/mol. The van der Waals surface area contributed by atoms with Crippen molar-refractivity contribution in [2.45, 2.75) is 6.42 Å². The van der Waals surface area contributed by atoms with Gasteiger partial charge in [0.1, 0.15) is 11.5 Å². The van der Waals surface area contributed by atoms with E-state index < -0.39 is 0 Å². The number of rotatable bonds is 5. The van der Waals surface area contributed by atoms with Crippen LogP contribution in [0.4, 0.5) is 10.1 Å². The fourth-order valence-corrected chi connectivity index (χ4v) is 2.54. The Labute approximate surface area is 128 Å². The van der Waals surface area contributed by atoms with E-state index in [1.165, 1.54) is 12.3 Å². The summed E-state index contributed by atoms with van der Waals surface area (Å²) in [5.74, 6) is -0.328. The molecular formula is C17H18FN3O. The number of aromatic nitrogens is 2. The van der Waals surface area contributed by atoms with Crippen LogP contribution in [0.1, 0.15) is 11.3 Å². The van der Waals surface area contributed by atoms with Gasteiger partial charge in [0.2, 0.25) is 0 Å². The SMILES string of the molecule is CN(CCO)c1cccc(Cc2cc3cc(F)cnc3[nH]2)c1. The van der Waals surface area contributed by atoms with Crippen molar-refractivity contribution in [1.29, 1.82) is 0 Å². The van der Waals surface area contributed by atoms with Gasteiger partial charge in [-0.1, -0.05) is 12.1 Å². The number of aliphatic hydroxyl groups excluding tert-OH is 1. The Morgan fingerprint density at radius 2 is 2.14 bits per heavy atom. The number of anilines is 1. The molecule has 2 heterocycles. The third kappa shape index (κ3) is 3.09. The first-order chi connectivity index (χ1) is 10.7. The first kappa shape index (κ1) is 14.5. The third-order valence-corrected chi connectivity index (χ3v) is 3.67. The summed E-state index contributed by atoms with van der Waals surface area (Å²) in [4.78, 5) is 9.27. The number of hydrogen-bond donors (Lipinski definition) is 2. The maximum atomic E-state index is 13.2. The molecule has 2 N–H and O–H groups in total. The van der Waals surface area contributed by atoms with Gasteiger partial charge in [0, 0.05) is 36.8 Å². The summed E-state index contributed by atoms with van der Waals surface area (Å²) in [6, 6.07) is 11.6. The summed E-state index contributed by atoms with van der Waals surface area (Å²) >= 11 is 0. The van der Waals surface area contributed by atoms with Crippen LogP contribution in [0.25, 0.3) is 11.0 Å². The van der Waals surface area contributed by atoms with Gasteiger partial charge in [-0.2, -0.15) is 0 Å². The van der Waals surface area contributed by atoms with Crippen molar-refractivity contribution in [2.24, 2.45) is 0 Å². The van der Waals surface area contributed by atoms with Crippen molar-refractivity contribution in [2.75, 3.05) is 25.1 Å². The molecule has 0 fully saturated rings. The molecule has 22 heavy (non-hydrogen) atoms. The lowest BCUT2D eigenvalue weighted by atomic mass is 10.1. The van der Waals surface area contributed by atoms with Crippen molar-refractivity contribution in [3.8, 4) is 0 Å². The van der Waals surface area contributed by atoms with E-state index in [1.807, 2.05) is 30.1 Å². The van der Waals surface area contributed by atoms with E-state index in [1.54, 1.807) is 0 Å². The highest BCUT2D eigenvalue weighted by molar-refractivity contribution is 5.76. The van der Waals surface area contributed by atoms with Gasteiger partial charge >= 0.3 is 0 Å². The topological polar surface area (TPSA) is 52.1 Å². The van der Waals surface area contributed by atoms with Crippen LogP contribution < -0.4 is 4.90 Å². The van der Waals surface area contributed by atoms with Crippen molar-refractivity contribution in [3.63, 3.8) is 0 Å². The summed E-state index contributed by atoms with van der Waals surface area (Å²) in [6.07, 6.45) is 1.94. The number of aromatic amines is 1. The van der Waals surface area contributed by atoms with Crippen molar-refractivity contribution in [3.05, 3.63) is 59.7 Å². The molecule has 0 saturated heterocycles. The fourth-order valence-electron chi connectivity index (χ4n) is 2.54. The van der Waals surface area contributed by atoms with E-state index >= 15 is 0 Å². The molecule has 0 aliphatic heterocycles. The van der Waals surface area contributed by atoms with E-state index in [0.717, 1.165) is 28.8 Å². The molecule has 0 amide bonds. The summed E-state index contributed by atoms with van der Waals surface area (Å²) in [5, 5.41) is 9.80. The number of hydrogen-bond acceptors (Lipinski definition) is 3. The van der Waals surface area contributed by atoms with E-state index in [4.69, 9.17) is 5.11 Å². The van der Waals surface area contributed by atoms with Crippen LogP contribution in [0, 0.1) is 5.82 Å². The zero-order valence-corrected chi connectivity index (χ0v) is 12.4. The van der Waals surface area contributed by atoms with E-state index in [9.17, 15) is 4.39 Å². The molecule has 0 atom stereocenters. The van der Waals surface area contributed by atoms with Gasteiger partial charge in [0.15, 0.2) is 0 Å². The fraction of sp³-hybridized carbons (Fsp3) is 0.235. The number of halogens is 1. The highest BCUT2D eigenvalue weighted by Crippen LogP contribution is 2.20. The van der Waals surface area contributed by atoms with Crippen LogP contribution in [-0.4, -0.2) is 35.3 Å². The van der Waals surface area contributed by atoms with E-state index in [-0.39, 0.29) is 12.4 Å². The van der Waals surface area contributed by atoms with Crippen LogP contribution in [-0.2, 0) is 6.42 Å². The second-order valence-corrected chi connectivity index (χ2v) is 5.38. The minimum atomic E-state index is -0.328. The van der Waals surface area contributed by atoms with Gasteiger partial charge in [-0.15, -0.1) is 0 Å². The van der Waals surface area contributed by atoms with Gasteiger partial charge in [0.05, 0.1) is 12.8 Å². The summed E-state index contributed by atoms with van der Waals surface area (Å²) < 4.78 is 13.2. The zero-order chi connectivity index (χ0) is 15.5. The quantitative estimate of drug-likeness (QED) is 0.761. The number of fused-ring (bicyclic) bond motifs is 1. The Balaban J connectivity index is 1.83. The Bertz CT molecular complexity index is 784. The average Bonchev–Trinajstić information content (AvgIpc) is 2.89. The van der Waals surface area contributed by atoms with Crippen LogP contribution in [0.3, 0.4) is 0 Å². The zero-order valence-electron chi connectivity index (χ0n) is 12.4. The molecule has 0 aliphatic rings. The minimum absolute atomic E-state index is 0.125. The average molecular weight is 299 g/mol. The molecule has 3 aromatic rings. The predicted octanol–water partition coefficient (Wildman–Crippen LogP) is 2.72. The predicted molar refractivity (Wildman–Crippen MR) is 85.7 cm³/mol. The van der Waals surface area contributed by atoms with Crippen molar-refractivity contribution < 1.29 is 9.50 Å². The van der Waals surface area contributed by atoms with Crippen LogP contribution >= 0.6 is 0 Å². The highest BCUT2D eigenvalue weighted by Gasteiger charge is 2.06. The smallest absolute Gasteiger partial charge is 0.142 e. The van der Waals surface area contributed by atoms with Gasteiger partial charge < -0.3 is 15.0 Å². The van der Waals surface area contributed by atoms with Gasteiger partial charge in [0.25, 0.3) is 0 Å². The molecule has 0 aliphatic carbocycles. The third-order valence-electron chi connectivity index (χ3n) is 3.67. The molecule has 5 heteroatoms. The molecule has 0 spiro atoms. The maximum Gasteiger partial charge on any atom is 0.142 e. The lowest BCUT2D eigenvalue weighted by molar-refractivity contribution is 0.304. The Morgan fingerprint density at radius 3 is 2.95 bits per heavy atom.